The molecule has 1 N–H and O–H groups in total. The first kappa shape index (κ1) is 16.6. The SMILES string of the molecule is c1ccc2cc3c(cc2c1)Cc1c-3ccc2c1ccc1c3cc4ccccc4cc3[nH]c21. The molecular formula is C31H19N. The topological polar surface area (TPSA) is 15.8 Å². The largest absolute Gasteiger partial charge is 0.354 e. The van der Waals surface area contributed by atoms with E-state index in [-0.39, 0.29) is 0 Å². The summed E-state index contributed by atoms with van der Waals surface area (Å²) in [6, 6.07) is 35.9. The van der Waals surface area contributed by atoms with E-state index >= 15 is 0 Å². The van der Waals surface area contributed by atoms with Gasteiger partial charge in [-0.2, -0.15) is 0 Å². The quantitative estimate of drug-likeness (QED) is 0.261. The fourth-order valence-corrected chi connectivity index (χ4v) is 5.85. The van der Waals surface area contributed by atoms with Crippen LogP contribution in [0.25, 0.3) is 65.3 Å². The van der Waals surface area contributed by atoms with Crippen LogP contribution in [0.3, 0.4) is 0 Å². The van der Waals surface area contributed by atoms with Gasteiger partial charge in [0.25, 0.3) is 0 Å². The molecule has 0 fully saturated rings. The smallest absolute Gasteiger partial charge is 0.0544 e. The molecule has 148 valence electrons. The Hall–Kier alpha value is -4.10. The van der Waals surface area contributed by atoms with Gasteiger partial charge in [-0.15, -0.1) is 0 Å². The lowest BCUT2D eigenvalue weighted by Crippen LogP contribution is -1.85. The van der Waals surface area contributed by atoms with Crippen molar-refractivity contribution in [3.8, 4) is 11.1 Å². The fraction of sp³-hybridized carbons (Fsp3) is 0.0323. The highest BCUT2D eigenvalue weighted by Gasteiger charge is 2.22. The molecule has 1 heteroatoms. The molecule has 0 amide bonds. The Morgan fingerprint density at radius 2 is 1.12 bits per heavy atom. The summed E-state index contributed by atoms with van der Waals surface area (Å²) < 4.78 is 0. The zero-order chi connectivity index (χ0) is 20.8. The molecule has 1 aliphatic carbocycles. The summed E-state index contributed by atoms with van der Waals surface area (Å²) in [6.45, 7) is 0. The highest BCUT2D eigenvalue weighted by atomic mass is 14.7. The van der Waals surface area contributed by atoms with Crippen molar-refractivity contribution >= 4 is 54.1 Å². The molecule has 1 nitrogen and oxygen atoms in total. The van der Waals surface area contributed by atoms with Crippen LogP contribution in [0.15, 0.2) is 97.1 Å². The monoisotopic (exact) mass is 405 g/mol. The van der Waals surface area contributed by atoms with Gasteiger partial charge in [-0.25, -0.2) is 0 Å². The molecule has 0 saturated heterocycles. The van der Waals surface area contributed by atoms with Gasteiger partial charge in [0, 0.05) is 21.7 Å². The molecule has 0 spiro atoms. The third-order valence-electron chi connectivity index (χ3n) is 7.38. The second-order valence-electron chi connectivity index (χ2n) is 9.08. The minimum atomic E-state index is 1.00. The number of aromatic amines is 1. The third kappa shape index (κ3) is 2.08. The summed E-state index contributed by atoms with van der Waals surface area (Å²) in [5.41, 5.74) is 8.13. The number of benzene rings is 6. The van der Waals surface area contributed by atoms with E-state index in [1.54, 1.807) is 0 Å². The van der Waals surface area contributed by atoms with Gasteiger partial charge in [-0.3, -0.25) is 0 Å². The normalized spacial score (nSPS) is 12.9. The molecule has 1 heterocycles. The van der Waals surface area contributed by atoms with Crippen LogP contribution in [0.1, 0.15) is 11.1 Å². The summed E-state index contributed by atoms with van der Waals surface area (Å²) >= 11 is 0. The number of hydrogen-bond acceptors (Lipinski definition) is 0. The van der Waals surface area contributed by atoms with E-state index in [0.29, 0.717) is 0 Å². The minimum absolute atomic E-state index is 1.00. The van der Waals surface area contributed by atoms with Crippen LogP contribution in [0.4, 0.5) is 0 Å². The average Bonchev–Trinajstić information content (AvgIpc) is 3.38. The van der Waals surface area contributed by atoms with Crippen molar-refractivity contribution in [2.75, 3.05) is 0 Å². The maximum atomic E-state index is 3.75. The molecular weight excluding hydrogens is 386 g/mol. The Kier molecular flexibility index (Phi) is 2.99. The minimum Gasteiger partial charge on any atom is -0.354 e. The zero-order valence-corrected chi connectivity index (χ0v) is 17.4. The zero-order valence-electron chi connectivity index (χ0n) is 17.4. The highest BCUT2D eigenvalue weighted by molar-refractivity contribution is 6.20. The Morgan fingerprint density at radius 1 is 0.500 bits per heavy atom. The summed E-state index contributed by atoms with van der Waals surface area (Å²) in [5, 5.41) is 10.5. The van der Waals surface area contributed by atoms with Gasteiger partial charge in [-0.1, -0.05) is 78.9 Å². The summed E-state index contributed by atoms with van der Waals surface area (Å²) in [5.74, 6) is 0. The van der Waals surface area contributed by atoms with Crippen LogP contribution in [-0.2, 0) is 6.42 Å². The standard InChI is InChI=1S/C31H19N/c1-2-6-19-14-27-22(13-18(19)5-1)16-28-23-9-12-26-29-15-20-7-3-4-8-21(20)17-30(29)32-31(26)25(23)11-10-24(27)28/h1-15,17,32H,16H2. The van der Waals surface area contributed by atoms with Gasteiger partial charge in [0.15, 0.2) is 0 Å². The molecule has 1 aromatic heterocycles. The van der Waals surface area contributed by atoms with E-state index < -0.39 is 0 Å². The van der Waals surface area contributed by atoms with Crippen molar-refractivity contribution in [2.45, 2.75) is 6.42 Å². The van der Waals surface area contributed by atoms with Gasteiger partial charge in [0.1, 0.15) is 0 Å². The molecule has 7 aromatic rings. The summed E-state index contributed by atoms with van der Waals surface area (Å²) in [6.07, 6.45) is 1.00. The lowest BCUT2D eigenvalue weighted by molar-refractivity contribution is 1.29. The maximum Gasteiger partial charge on any atom is 0.0544 e. The van der Waals surface area contributed by atoms with Crippen molar-refractivity contribution in [2.24, 2.45) is 0 Å². The van der Waals surface area contributed by atoms with Crippen molar-refractivity contribution < 1.29 is 0 Å². The predicted molar refractivity (Wildman–Crippen MR) is 137 cm³/mol. The van der Waals surface area contributed by atoms with Crippen molar-refractivity contribution in [1.82, 2.24) is 4.98 Å². The van der Waals surface area contributed by atoms with Crippen LogP contribution >= 0.6 is 0 Å². The van der Waals surface area contributed by atoms with Crippen LogP contribution in [0, 0.1) is 0 Å². The first-order valence-electron chi connectivity index (χ1n) is 11.2. The Balaban J connectivity index is 1.42. The molecule has 0 unspecified atom stereocenters. The van der Waals surface area contributed by atoms with E-state index in [1.165, 1.54) is 76.4 Å². The van der Waals surface area contributed by atoms with E-state index in [4.69, 9.17) is 0 Å². The Bertz CT molecular complexity index is 1900. The molecule has 1 aliphatic rings. The predicted octanol–water partition coefficient (Wildman–Crippen LogP) is 8.35. The van der Waals surface area contributed by atoms with Crippen molar-refractivity contribution in [3.05, 3.63) is 108 Å². The lowest BCUT2D eigenvalue weighted by Gasteiger charge is -2.07. The first-order chi connectivity index (χ1) is 15.8. The lowest BCUT2D eigenvalue weighted by atomic mass is 9.96. The number of nitrogens with one attached hydrogen (secondary N) is 1. The summed E-state index contributed by atoms with van der Waals surface area (Å²) in [7, 11) is 0. The van der Waals surface area contributed by atoms with Crippen LogP contribution in [0.5, 0.6) is 0 Å². The maximum absolute atomic E-state index is 3.75. The molecule has 0 atom stereocenters. The van der Waals surface area contributed by atoms with E-state index in [2.05, 4.69) is 102 Å². The van der Waals surface area contributed by atoms with Gasteiger partial charge in [0.2, 0.25) is 0 Å². The second-order valence-corrected chi connectivity index (χ2v) is 9.08. The molecule has 0 saturated carbocycles. The molecule has 0 radical (unpaired) electrons. The van der Waals surface area contributed by atoms with E-state index in [9.17, 15) is 0 Å². The van der Waals surface area contributed by atoms with Crippen molar-refractivity contribution in [1.29, 1.82) is 0 Å². The number of rotatable bonds is 0. The second kappa shape index (κ2) is 5.77. The number of fused-ring (bicyclic) bond motifs is 11. The number of hydrogen-bond donors (Lipinski definition) is 1. The van der Waals surface area contributed by atoms with Crippen LogP contribution in [0.2, 0.25) is 0 Å². The fourth-order valence-electron chi connectivity index (χ4n) is 5.85. The highest BCUT2D eigenvalue weighted by Crippen LogP contribution is 2.44. The van der Waals surface area contributed by atoms with Gasteiger partial charge in [0.05, 0.1) is 5.52 Å². The van der Waals surface area contributed by atoms with Crippen molar-refractivity contribution in [3.63, 3.8) is 0 Å². The van der Waals surface area contributed by atoms with Gasteiger partial charge >= 0.3 is 0 Å². The molecule has 32 heavy (non-hydrogen) atoms. The number of H-pyrrole nitrogens is 1. The summed E-state index contributed by atoms with van der Waals surface area (Å²) in [4.78, 5) is 3.75. The first-order valence-corrected chi connectivity index (χ1v) is 11.2. The Morgan fingerprint density at radius 3 is 1.94 bits per heavy atom. The molecule has 6 aromatic carbocycles. The van der Waals surface area contributed by atoms with Gasteiger partial charge in [-0.05, 0) is 73.8 Å². The molecule has 0 bridgehead atoms. The molecule has 0 aliphatic heterocycles. The van der Waals surface area contributed by atoms with Gasteiger partial charge < -0.3 is 4.98 Å². The van der Waals surface area contributed by atoms with Crippen LogP contribution in [-0.4, -0.2) is 4.98 Å². The molecule has 8 rings (SSSR count). The van der Waals surface area contributed by atoms with Crippen LogP contribution < -0.4 is 0 Å². The average molecular weight is 406 g/mol. The Labute approximate surface area is 184 Å². The number of aromatic nitrogens is 1. The van der Waals surface area contributed by atoms with E-state index in [0.717, 1.165) is 6.42 Å². The third-order valence-corrected chi connectivity index (χ3v) is 7.38. The van der Waals surface area contributed by atoms with E-state index in [1.807, 2.05) is 0 Å².